The lowest BCUT2D eigenvalue weighted by Gasteiger charge is -2.22. The van der Waals surface area contributed by atoms with Crippen LogP contribution in [0.25, 0.3) is 5.57 Å². The van der Waals surface area contributed by atoms with E-state index >= 15 is 0 Å². The number of alkyl halides is 3. The van der Waals surface area contributed by atoms with Gasteiger partial charge in [0, 0.05) is 0 Å². The van der Waals surface area contributed by atoms with Crippen molar-refractivity contribution in [3.8, 4) is 0 Å². The van der Waals surface area contributed by atoms with Crippen molar-refractivity contribution >= 4 is 11.5 Å². The zero-order valence-electron chi connectivity index (χ0n) is 14.1. The Morgan fingerprint density at radius 2 is 1.92 bits per heavy atom. The molecule has 1 amide bonds. The van der Waals surface area contributed by atoms with Crippen molar-refractivity contribution in [2.24, 2.45) is 0 Å². The van der Waals surface area contributed by atoms with Crippen LogP contribution in [0.4, 0.5) is 13.2 Å². The molecule has 1 rings (SSSR count). The molecule has 0 saturated carbocycles. The Kier molecular flexibility index (Phi) is 8.60. The van der Waals surface area contributed by atoms with Crippen molar-refractivity contribution in [2.75, 3.05) is 6.67 Å². The second-order valence-electron chi connectivity index (χ2n) is 5.41. The second kappa shape index (κ2) is 10.4. The zero-order chi connectivity index (χ0) is 19.7. The van der Waals surface area contributed by atoms with Gasteiger partial charge in [-0.15, -0.1) is 0 Å². The van der Waals surface area contributed by atoms with E-state index in [0.29, 0.717) is 16.8 Å². The minimum Gasteiger partial charge on any atom is -0.761 e. The molecule has 142 valence electrons. The Hall–Kier alpha value is -2.58. The second-order valence-corrected chi connectivity index (χ2v) is 5.41. The van der Waals surface area contributed by atoms with Gasteiger partial charge in [-0.1, -0.05) is 43.0 Å². The minimum absolute atomic E-state index is 0.252. The fourth-order valence-corrected chi connectivity index (χ4v) is 2.08. The van der Waals surface area contributed by atoms with E-state index in [0.717, 1.165) is 0 Å². The number of amides is 1. The van der Waals surface area contributed by atoms with Crippen LogP contribution in [0.1, 0.15) is 24.2 Å². The highest BCUT2D eigenvalue weighted by Gasteiger charge is 2.26. The fraction of sp³-hybridized carbons (Fsp3) is 0.278. The number of hydroxylamine groups is 1. The normalized spacial score (nSPS) is 14.7. The van der Waals surface area contributed by atoms with Crippen LogP contribution in [0.2, 0.25) is 0 Å². The first-order valence-corrected chi connectivity index (χ1v) is 7.66. The third-order valence-electron chi connectivity index (χ3n) is 3.55. The molecule has 2 atom stereocenters. The maximum absolute atomic E-state index is 13.0. The summed E-state index contributed by atoms with van der Waals surface area (Å²) in [4.78, 5) is 11.0. The number of aliphatic hydroxyl groups excluding tert-OH is 1. The number of halogens is 3. The monoisotopic (exact) mass is 369 g/mol. The van der Waals surface area contributed by atoms with Gasteiger partial charge in [0.2, 0.25) is 0 Å². The van der Waals surface area contributed by atoms with Crippen molar-refractivity contribution < 1.29 is 23.1 Å². The molecule has 8 heteroatoms. The summed E-state index contributed by atoms with van der Waals surface area (Å²) in [6.07, 6.45) is 0.00372. The van der Waals surface area contributed by atoms with Crippen LogP contribution in [0.3, 0.4) is 0 Å². The third-order valence-corrected chi connectivity index (χ3v) is 3.55. The van der Waals surface area contributed by atoms with Crippen LogP contribution in [-0.2, 0) is 4.79 Å². The summed E-state index contributed by atoms with van der Waals surface area (Å²) in [5.41, 5.74) is 3.79. The molecule has 2 unspecified atom stereocenters. The molecular formula is C18H20F3N2O3-. The molecule has 0 aliphatic rings. The number of carbonyl (C=O) groups is 1. The Labute approximate surface area is 149 Å². The SMILES string of the molecule is C=CC(=CC=C(C)N[O-])c1ccc(C(O)C(CF)NC(=O)C(F)F)cc1. The van der Waals surface area contributed by atoms with E-state index in [4.69, 9.17) is 0 Å². The summed E-state index contributed by atoms with van der Waals surface area (Å²) in [5, 5.41) is 22.4. The highest BCUT2D eigenvalue weighted by atomic mass is 19.3. The molecule has 1 aromatic rings. The zero-order valence-corrected chi connectivity index (χ0v) is 14.1. The van der Waals surface area contributed by atoms with Crippen LogP contribution in [-0.4, -0.2) is 30.2 Å². The Morgan fingerprint density at radius 1 is 1.31 bits per heavy atom. The molecule has 0 bridgehead atoms. The van der Waals surface area contributed by atoms with Crippen molar-refractivity contribution in [3.63, 3.8) is 0 Å². The average Bonchev–Trinajstić information content (AvgIpc) is 2.65. The van der Waals surface area contributed by atoms with E-state index in [9.17, 15) is 28.3 Å². The molecule has 1 aromatic carbocycles. The van der Waals surface area contributed by atoms with E-state index in [2.05, 4.69) is 6.58 Å². The first-order valence-electron chi connectivity index (χ1n) is 7.66. The molecule has 5 nitrogen and oxygen atoms in total. The first kappa shape index (κ1) is 21.5. The summed E-state index contributed by atoms with van der Waals surface area (Å²) in [5.74, 6) is -1.64. The number of hydrogen-bond acceptors (Lipinski definition) is 4. The van der Waals surface area contributed by atoms with Gasteiger partial charge < -0.3 is 21.1 Å². The third kappa shape index (κ3) is 6.05. The van der Waals surface area contributed by atoms with Crippen LogP contribution in [0.15, 0.2) is 54.8 Å². The van der Waals surface area contributed by atoms with Crippen molar-refractivity contribution in [3.05, 3.63) is 71.1 Å². The largest absolute Gasteiger partial charge is 0.761 e. The van der Waals surface area contributed by atoms with E-state index in [1.807, 2.05) is 0 Å². The molecule has 0 aliphatic heterocycles. The molecule has 0 spiro atoms. The quantitative estimate of drug-likeness (QED) is 0.462. The lowest BCUT2D eigenvalue weighted by Crippen LogP contribution is -2.43. The van der Waals surface area contributed by atoms with Crippen LogP contribution < -0.4 is 10.8 Å². The lowest BCUT2D eigenvalue weighted by molar-refractivity contribution is -0.133. The molecule has 0 radical (unpaired) electrons. The smallest absolute Gasteiger partial charge is 0.315 e. The maximum atomic E-state index is 13.0. The van der Waals surface area contributed by atoms with Crippen molar-refractivity contribution in [2.45, 2.75) is 25.5 Å². The molecule has 0 heterocycles. The fourth-order valence-electron chi connectivity index (χ4n) is 2.08. The number of aliphatic hydroxyl groups is 1. The first-order chi connectivity index (χ1) is 12.3. The number of nitrogens with one attached hydrogen (secondary N) is 2. The molecule has 26 heavy (non-hydrogen) atoms. The van der Waals surface area contributed by atoms with Gasteiger partial charge in [-0.3, -0.25) is 4.79 Å². The van der Waals surface area contributed by atoms with Gasteiger partial charge in [0.05, 0.1) is 6.04 Å². The van der Waals surface area contributed by atoms with Gasteiger partial charge >= 0.3 is 6.43 Å². The van der Waals surface area contributed by atoms with E-state index < -0.39 is 31.2 Å². The summed E-state index contributed by atoms with van der Waals surface area (Å²) in [6, 6.07) is 4.72. The highest BCUT2D eigenvalue weighted by molar-refractivity contribution is 5.79. The Morgan fingerprint density at radius 3 is 2.38 bits per heavy atom. The molecule has 0 aliphatic carbocycles. The molecule has 3 N–H and O–H groups in total. The Bertz CT molecular complexity index is 673. The van der Waals surface area contributed by atoms with Gasteiger partial charge in [-0.25, -0.2) is 4.39 Å². The molecule has 0 aromatic heterocycles. The average molecular weight is 369 g/mol. The standard InChI is InChI=1S/C18H20F3N2O3/c1-3-12(5-4-11(2)23-26)13-6-8-14(9-7-13)16(24)15(10-19)22-18(25)17(20)21/h3-9,15-17,23-24H,1,10H2,2H3,(H,22,25)/q-1. The molecular weight excluding hydrogens is 349 g/mol. The van der Waals surface area contributed by atoms with Crippen molar-refractivity contribution in [1.82, 2.24) is 10.8 Å². The predicted octanol–water partition coefficient (Wildman–Crippen LogP) is 3.00. The molecule has 0 fully saturated rings. The summed E-state index contributed by atoms with van der Waals surface area (Å²) < 4.78 is 37.5. The highest BCUT2D eigenvalue weighted by Crippen LogP contribution is 2.22. The summed E-state index contributed by atoms with van der Waals surface area (Å²) in [7, 11) is 0. The number of hydrogen-bond donors (Lipinski definition) is 3. The molecule has 0 saturated heterocycles. The number of rotatable bonds is 9. The number of benzene rings is 1. The Balaban J connectivity index is 2.97. The summed E-state index contributed by atoms with van der Waals surface area (Å²) in [6.45, 7) is 4.06. The van der Waals surface area contributed by atoms with Gasteiger partial charge in [0.15, 0.2) is 0 Å². The van der Waals surface area contributed by atoms with Gasteiger partial charge in [0.25, 0.3) is 5.91 Å². The van der Waals surface area contributed by atoms with Gasteiger partial charge in [-0.05, 0) is 35.4 Å². The number of allylic oxidation sites excluding steroid dienone is 5. The van der Waals surface area contributed by atoms with Crippen LogP contribution >= 0.6 is 0 Å². The lowest BCUT2D eigenvalue weighted by atomic mass is 9.98. The summed E-state index contributed by atoms with van der Waals surface area (Å²) >= 11 is 0. The van der Waals surface area contributed by atoms with Gasteiger partial charge in [0.1, 0.15) is 12.8 Å². The van der Waals surface area contributed by atoms with Gasteiger partial charge in [-0.2, -0.15) is 8.78 Å². The minimum atomic E-state index is -3.29. The topological polar surface area (TPSA) is 84.4 Å². The van der Waals surface area contributed by atoms with Crippen molar-refractivity contribution in [1.29, 1.82) is 0 Å². The van der Waals surface area contributed by atoms with E-state index in [1.54, 1.807) is 48.1 Å². The van der Waals surface area contributed by atoms with Crippen LogP contribution in [0, 0.1) is 5.21 Å². The van der Waals surface area contributed by atoms with E-state index in [-0.39, 0.29) is 5.56 Å². The maximum Gasteiger partial charge on any atom is 0.315 e. The number of carbonyl (C=O) groups excluding carboxylic acids is 1. The predicted molar refractivity (Wildman–Crippen MR) is 93.7 cm³/mol. The van der Waals surface area contributed by atoms with E-state index in [1.165, 1.54) is 12.1 Å². The van der Waals surface area contributed by atoms with Crippen LogP contribution in [0.5, 0.6) is 0 Å².